The van der Waals surface area contributed by atoms with E-state index < -0.39 is 0 Å². The van der Waals surface area contributed by atoms with Crippen molar-refractivity contribution in [1.82, 2.24) is 20.4 Å². The van der Waals surface area contributed by atoms with Crippen LogP contribution in [0.5, 0.6) is 0 Å². The van der Waals surface area contributed by atoms with Gasteiger partial charge < -0.3 is 20.1 Å². The maximum absolute atomic E-state index is 6.00. The zero-order chi connectivity index (χ0) is 17.3. The van der Waals surface area contributed by atoms with Crippen molar-refractivity contribution in [2.45, 2.75) is 38.3 Å². The summed E-state index contributed by atoms with van der Waals surface area (Å²) in [6.45, 7) is 12.8. The van der Waals surface area contributed by atoms with Gasteiger partial charge in [-0.2, -0.15) is 0 Å². The molecule has 3 fully saturated rings. The second kappa shape index (κ2) is 10.3. The number of ether oxygens (including phenoxy) is 2. The highest BCUT2D eigenvalue weighted by Gasteiger charge is 2.31. The Balaban J connectivity index is 1.35. The van der Waals surface area contributed by atoms with Crippen molar-refractivity contribution in [3.63, 3.8) is 0 Å². The van der Waals surface area contributed by atoms with Gasteiger partial charge in [0.05, 0.1) is 32.5 Å². The molecule has 2 N–H and O–H groups in total. The molecule has 3 rings (SSSR count). The summed E-state index contributed by atoms with van der Waals surface area (Å²) in [7, 11) is 0. The highest BCUT2D eigenvalue weighted by atomic mass is 16.5. The van der Waals surface area contributed by atoms with E-state index in [1.807, 2.05) is 0 Å². The molecule has 3 heterocycles. The van der Waals surface area contributed by atoms with Gasteiger partial charge in [-0.25, -0.2) is 0 Å². The Morgan fingerprint density at radius 1 is 1.20 bits per heavy atom. The molecular weight excluding hydrogens is 318 g/mol. The van der Waals surface area contributed by atoms with Crippen molar-refractivity contribution in [1.29, 1.82) is 0 Å². The largest absolute Gasteiger partial charge is 0.379 e. The number of hydrogen-bond donors (Lipinski definition) is 2. The Labute approximate surface area is 152 Å². The summed E-state index contributed by atoms with van der Waals surface area (Å²) < 4.78 is 11.4. The van der Waals surface area contributed by atoms with E-state index in [0.717, 1.165) is 78.0 Å². The van der Waals surface area contributed by atoms with Gasteiger partial charge in [-0.1, -0.05) is 0 Å². The molecule has 2 unspecified atom stereocenters. The summed E-state index contributed by atoms with van der Waals surface area (Å²) >= 11 is 0. The fourth-order valence-electron chi connectivity index (χ4n) is 3.87. The molecule has 3 aliphatic heterocycles. The van der Waals surface area contributed by atoms with Crippen molar-refractivity contribution in [3.05, 3.63) is 0 Å². The van der Waals surface area contributed by atoms with Gasteiger partial charge in [-0.3, -0.25) is 14.8 Å². The van der Waals surface area contributed by atoms with Crippen LogP contribution in [0.15, 0.2) is 4.99 Å². The monoisotopic (exact) mass is 353 g/mol. The van der Waals surface area contributed by atoms with Crippen molar-refractivity contribution in [2.75, 3.05) is 72.2 Å². The first-order chi connectivity index (χ1) is 12.3. The Kier molecular flexibility index (Phi) is 7.79. The standard InChI is InChI=1S/C18H35N5O2/c1-2-19-18(20-6-4-7-22-9-11-24-12-10-22)21-13-17-14-23-8-3-5-16(23)15-25-17/h16-17H,2-15H2,1H3,(H2,19,20,21). The first-order valence-electron chi connectivity index (χ1n) is 10.0. The molecule has 0 radical (unpaired) electrons. The SMILES string of the molecule is CCNC(=NCC1CN2CCCC2CO1)NCCCN1CCOCC1. The molecule has 2 atom stereocenters. The molecule has 0 aromatic heterocycles. The minimum absolute atomic E-state index is 0.234. The molecule has 7 nitrogen and oxygen atoms in total. The van der Waals surface area contributed by atoms with Crippen LogP contribution in [0.3, 0.4) is 0 Å². The molecule has 0 aromatic rings. The fourth-order valence-corrected chi connectivity index (χ4v) is 3.87. The number of rotatable bonds is 7. The molecule has 0 amide bonds. The molecule has 144 valence electrons. The van der Waals surface area contributed by atoms with Crippen LogP contribution in [-0.2, 0) is 9.47 Å². The maximum Gasteiger partial charge on any atom is 0.191 e. The zero-order valence-electron chi connectivity index (χ0n) is 15.7. The van der Waals surface area contributed by atoms with Crippen LogP contribution in [-0.4, -0.2) is 100 Å². The van der Waals surface area contributed by atoms with E-state index in [1.54, 1.807) is 0 Å². The van der Waals surface area contributed by atoms with E-state index >= 15 is 0 Å². The van der Waals surface area contributed by atoms with Gasteiger partial charge >= 0.3 is 0 Å². The smallest absolute Gasteiger partial charge is 0.191 e. The molecule has 3 aliphatic rings. The molecule has 0 aliphatic carbocycles. The zero-order valence-corrected chi connectivity index (χ0v) is 15.7. The van der Waals surface area contributed by atoms with Crippen molar-refractivity contribution >= 4 is 5.96 Å². The van der Waals surface area contributed by atoms with Gasteiger partial charge in [0.15, 0.2) is 5.96 Å². The summed E-state index contributed by atoms with van der Waals surface area (Å²) in [4.78, 5) is 9.79. The highest BCUT2D eigenvalue weighted by molar-refractivity contribution is 5.79. The molecule has 0 aromatic carbocycles. The minimum atomic E-state index is 0.234. The van der Waals surface area contributed by atoms with Gasteiger partial charge in [0.25, 0.3) is 0 Å². The molecule has 7 heteroatoms. The van der Waals surface area contributed by atoms with E-state index in [1.165, 1.54) is 19.4 Å². The normalized spacial score (nSPS) is 28.8. The summed E-state index contributed by atoms with van der Waals surface area (Å²) in [5, 5.41) is 6.80. The average molecular weight is 354 g/mol. The van der Waals surface area contributed by atoms with E-state index in [-0.39, 0.29) is 6.10 Å². The lowest BCUT2D eigenvalue weighted by atomic mass is 10.2. The second-order valence-corrected chi connectivity index (χ2v) is 7.20. The fraction of sp³-hybridized carbons (Fsp3) is 0.944. The lowest BCUT2D eigenvalue weighted by Crippen LogP contribution is -2.47. The summed E-state index contributed by atoms with van der Waals surface area (Å²) in [6, 6.07) is 0.659. The van der Waals surface area contributed by atoms with Crippen LogP contribution in [0.4, 0.5) is 0 Å². The van der Waals surface area contributed by atoms with E-state index in [4.69, 9.17) is 14.5 Å². The molecule has 0 saturated carbocycles. The number of nitrogens with one attached hydrogen (secondary N) is 2. The number of hydrogen-bond acceptors (Lipinski definition) is 5. The van der Waals surface area contributed by atoms with Gasteiger partial charge in [0.1, 0.15) is 0 Å². The Morgan fingerprint density at radius 3 is 2.92 bits per heavy atom. The van der Waals surface area contributed by atoms with E-state index in [9.17, 15) is 0 Å². The van der Waals surface area contributed by atoms with Crippen molar-refractivity contribution in [2.24, 2.45) is 4.99 Å². The van der Waals surface area contributed by atoms with Crippen LogP contribution >= 0.6 is 0 Å². The number of nitrogens with zero attached hydrogens (tertiary/aromatic N) is 3. The summed E-state index contributed by atoms with van der Waals surface area (Å²) in [5.41, 5.74) is 0. The van der Waals surface area contributed by atoms with Crippen molar-refractivity contribution < 1.29 is 9.47 Å². The molecule has 25 heavy (non-hydrogen) atoms. The third-order valence-electron chi connectivity index (χ3n) is 5.31. The topological polar surface area (TPSA) is 61.4 Å². The Morgan fingerprint density at radius 2 is 2.08 bits per heavy atom. The number of guanidine groups is 1. The minimum Gasteiger partial charge on any atom is -0.379 e. The lowest BCUT2D eigenvalue weighted by molar-refractivity contribution is -0.0432. The quantitative estimate of drug-likeness (QED) is 0.385. The van der Waals surface area contributed by atoms with Crippen LogP contribution in [0.25, 0.3) is 0 Å². The summed E-state index contributed by atoms with van der Waals surface area (Å²) in [5.74, 6) is 0.914. The number of fused-ring (bicyclic) bond motifs is 1. The van der Waals surface area contributed by atoms with E-state index in [2.05, 4.69) is 27.4 Å². The van der Waals surface area contributed by atoms with Gasteiger partial charge in [-0.05, 0) is 39.3 Å². The molecule has 0 spiro atoms. The third kappa shape index (κ3) is 6.09. The first kappa shape index (κ1) is 18.9. The number of morpholine rings is 2. The third-order valence-corrected chi connectivity index (χ3v) is 5.31. The Bertz CT molecular complexity index is 414. The predicted octanol–water partition coefficient (Wildman–Crippen LogP) is 0.127. The molecule has 3 saturated heterocycles. The average Bonchev–Trinajstić information content (AvgIpc) is 3.12. The lowest BCUT2D eigenvalue weighted by Gasteiger charge is -2.34. The van der Waals surface area contributed by atoms with Gasteiger partial charge in [0.2, 0.25) is 0 Å². The van der Waals surface area contributed by atoms with Crippen LogP contribution in [0.1, 0.15) is 26.2 Å². The summed E-state index contributed by atoms with van der Waals surface area (Å²) in [6.07, 6.45) is 3.97. The van der Waals surface area contributed by atoms with Crippen LogP contribution in [0, 0.1) is 0 Å². The maximum atomic E-state index is 6.00. The van der Waals surface area contributed by atoms with Gasteiger partial charge in [-0.15, -0.1) is 0 Å². The number of aliphatic imine (C=N–C) groups is 1. The van der Waals surface area contributed by atoms with E-state index in [0.29, 0.717) is 6.04 Å². The van der Waals surface area contributed by atoms with Crippen molar-refractivity contribution in [3.8, 4) is 0 Å². The second-order valence-electron chi connectivity index (χ2n) is 7.20. The van der Waals surface area contributed by atoms with Crippen LogP contribution in [0.2, 0.25) is 0 Å². The molecule has 0 bridgehead atoms. The Hall–Kier alpha value is -0.890. The van der Waals surface area contributed by atoms with Crippen LogP contribution < -0.4 is 10.6 Å². The molecular formula is C18H35N5O2. The van der Waals surface area contributed by atoms with Gasteiger partial charge in [0, 0.05) is 38.8 Å². The first-order valence-corrected chi connectivity index (χ1v) is 10.0. The highest BCUT2D eigenvalue weighted by Crippen LogP contribution is 2.22. The predicted molar refractivity (Wildman–Crippen MR) is 100 cm³/mol.